The third-order valence-corrected chi connectivity index (χ3v) is 9.31. The van der Waals surface area contributed by atoms with Crippen molar-refractivity contribution in [2.75, 3.05) is 38.6 Å². The van der Waals surface area contributed by atoms with Crippen LogP contribution in [0.2, 0.25) is 0 Å². The first-order valence-electron chi connectivity index (χ1n) is 15.6. The average molecular weight is 596 g/mol. The first-order valence-corrected chi connectivity index (χ1v) is 15.6. The zero-order chi connectivity index (χ0) is 31.0. The fourth-order valence-corrected chi connectivity index (χ4v) is 6.81. The van der Waals surface area contributed by atoms with E-state index in [1.807, 2.05) is 49.9 Å². The van der Waals surface area contributed by atoms with Crippen LogP contribution < -0.4 is 15.4 Å². The summed E-state index contributed by atoms with van der Waals surface area (Å²) in [6.45, 7) is 9.73. The Morgan fingerprint density at radius 1 is 1.07 bits per heavy atom. The number of hydrogen-bond acceptors (Lipinski definition) is 5. The zero-order valence-electron chi connectivity index (χ0n) is 26.0. The van der Waals surface area contributed by atoms with E-state index < -0.39 is 0 Å². The molecule has 3 aliphatic rings. The Kier molecular flexibility index (Phi) is 8.31. The maximum Gasteiger partial charge on any atom is 0.256 e. The Labute approximate surface area is 258 Å². The highest BCUT2D eigenvalue weighted by Gasteiger charge is 2.34. The third-order valence-electron chi connectivity index (χ3n) is 9.31. The van der Waals surface area contributed by atoms with Gasteiger partial charge in [0.25, 0.3) is 17.7 Å². The summed E-state index contributed by atoms with van der Waals surface area (Å²) < 4.78 is 5.23. The predicted molar refractivity (Wildman–Crippen MR) is 172 cm³/mol. The molecule has 1 aromatic heterocycles. The lowest BCUT2D eigenvalue weighted by Gasteiger charge is -2.28. The molecular weight excluding hydrogens is 554 g/mol. The Hall–Kier alpha value is -4.37. The second-order valence-electron chi connectivity index (χ2n) is 12.2. The van der Waals surface area contributed by atoms with E-state index in [2.05, 4.69) is 20.5 Å². The summed E-state index contributed by atoms with van der Waals surface area (Å²) >= 11 is 0. The summed E-state index contributed by atoms with van der Waals surface area (Å²) in [6, 6.07) is 12.8. The van der Waals surface area contributed by atoms with Crippen molar-refractivity contribution in [1.82, 2.24) is 20.1 Å². The Bertz CT molecular complexity index is 1620. The number of amides is 3. The summed E-state index contributed by atoms with van der Waals surface area (Å²) in [5.74, 6) is 0.338. The van der Waals surface area contributed by atoms with Gasteiger partial charge in [-0.3, -0.25) is 14.4 Å². The van der Waals surface area contributed by atoms with Gasteiger partial charge < -0.3 is 30.2 Å². The first-order chi connectivity index (χ1) is 21.2. The van der Waals surface area contributed by atoms with E-state index in [0.717, 1.165) is 67.3 Å². The van der Waals surface area contributed by atoms with E-state index in [1.54, 1.807) is 31.4 Å². The minimum atomic E-state index is -0.242. The van der Waals surface area contributed by atoms with Crippen molar-refractivity contribution in [3.8, 4) is 5.75 Å². The van der Waals surface area contributed by atoms with Gasteiger partial charge in [0.2, 0.25) is 0 Å². The highest BCUT2D eigenvalue weighted by Crippen LogP contribution is 2.35. The number of carbonyl (C=O) groups is 3. The number of fused-ring (bicyclic) bond motifs is 1. The standard InChI is InChI=1S/C35H41N5O4/c1-21-31(36-23(3)32(21)35(43)40-17-7-8-26(40)20-39-15-5-6-16-39)19-29-28-18-25(11-14-30(28)38-34(29)42)33(41)37-22(2)24-9-12-27(44-4)13-10-24/h9-14,18-19,22,26,36H,5-8,15-17,20H2,1-4H3,(H,37,41)(H,38,42)/t22-,26+/m1/s1. The second kappa shape index (κ2) is 12.3. The summed E-state index contributed by atoms with van der Waals surface area (Å²) in [5, 5.41) is 5.96. The quantitative estimate of drug-likeness (QED) is 0.306. The maximum absolute atomic E-state index is 13.9. The summed E-state index contributed by atoms with van der Waals surface area (Å²) in [7, 11) is 1.62. The highest BCUT2D eigenvalue weighted by molar-refractivity contribution is 6.35. The number of ether oxygens (including phenoxy) is 1. The average Bonchev–Trinajstić information content (AvgIpc) is 3.81. The second-order valence-corrected chi connectivity index (χ2v) is 12.2. The number of hydrogen-bond donors (Lipinski definition) is 3. The van der Waals surface area contributed by atoms with Gasteiger partial charge in [-0.2, -0.15) is 0 Å². The number of benzene rings is 2. The molecule has 2 fully saturated rings. The van der Waals surface area contributed by atoms with Gasteiger partial charge in [0.15, 0.2) is 0 Å². The largest absolute Gasteiger partial charge is 0.497 e. The van der Waals surface area contributed by atoms with Crippen LogP contribution in [-0.4, -0.2) is 71.8 Å². The lowest BCUT2D eigenvalue weighted by atomic mass is 10.0. The van der Waals surface area contributed by atoms with E-state index in [-0.39, 0.29) is 29.8 Å². The van der Waals surface area contributed by atoms with Gasteiger partial charge in [-0.25, -0.2) is 0 Å². The number of H-pyrrole nitrogens is 1. The van der Waals surface area contributed by atoms with E-state index in [1.165, 1.54) is 12.8 Å². The molecule has 9 nitrogen and oxygen atoms in total. The van der Waals surface area contributed by atoms with E-state index in [0.29, 0.717) is 28.0 Å². The van der Waals surface area contributed by atoms with Crippen LogP contribution in [0.4, 0.5) is 5.69 Å². The van der Waals surface area contributed by atoms with Crippen molar-refractivity contribution in [3.63, 3.8) is 0 Å². The van der Waals surface area contributed by atoms with Crippen molar-refractivity contribution in [1.29, 1.82) is 0 Å². The van der Waals surface area contributed by atoms with Crippen LogP contribution in [-0.2, 0) is 4.79 Å². The van der Waals surface area contributed by atoms with Crippen molar-refractivity contribution >= 4 is 35.1 Å². The molecule has 0 spiro atoms. The van der Waals surface area contributed by atoms with Gasteiger partial charge in [-0.05, 0) is 107 Å². The Balaban J connectivity index is 1.22. The van der Waals surface area contributed by atoms with Gasteiger partial charge in [-0.15, -0.1) is 0 Å². The molecule has 3 amide bonds. The Morgan fingerprint density at radius 3 is 2.55 bits per heavy atom. The minimum Gasteiger partial charge on any atom is -0.497 e. The monoisotopic (exact) mass is 595 g/mol. The number of carbonyl (C=O) groups excluding carboxylic acids is 3. The third kappa shape index (κ3) is 5.76. The van der Waals surface area contributed by atoms with Crippen LogP contribution in [0.3, 0.4) is 0 Å². The predicted octanol–water partition coefficient (Wildman–Crippen LogP) is 5.32. The molecule has 0 saturated carbocycles. The van der Waals surface area contributed by atoms with Gasteiger partial charge in [0, 0.05) is 47.3 Å². The van der Waals surface area contributed by atoms with Gasteiger partial charge in [0.05, 0.1) is 24.3 Å². The molecule has 0 unspecified atom stereocenters. The molecule has 2 aromatic carbocycles. The summed E-state index contributed by atoms with van der Waals surface area (Å²) in [5.41, 5.74) is 6.21. The fourth-order valence-electron chi connectivity index (χ4n) is 6.81. The summed E-state index contributed by atoms with van der Waals surface area (Å²) in [6.07, 6.45) is 6.33. The van der Waals surface area contributed by atoms with Crippen molar-refractivity contribution < 1.29 is 19.1 Å². The minimum absolute atomic E-state index is 0.0591. The van der Waals surface area contributed by atoms with Crippen molar-refractivity contribution in [3.05, 3.63) is 81.7 Å². The number of aromatic amines is 1. The smallest absolute Gasteiger partial charge is 0.256 e. The SMILES string of the molecule is COc1ccc([C@@H](C)NC(=O)c2ccc3c(c2)C(=Cc2[nH]c(C)c(C(=O)N4CCC[C@H]4CN4CCCC4)c2C)C(=O)N3)cc1. The van der Waals surface area contributed by atoms with Gasteiger partial charge in [-0.1, -0.05) is 12.1 Å². The molecule has 6 rings (SSSR count). The molecule has 0 radical (unpaired) electrons. The number of aromatic nitrogens is 1. The highest BCUT2D eigenvalue weighted by atomic mass is 16.5. The van der Waals surface area contributed by atoms with E-state index >= 15 is 0 Å². The van der Waals surface area contributed by atoms with Crippen LogP contribution in [0.25, 0.3) is 11.6 Å². The van der Waals surface area contributed by atoms with Crippen LogP contribution in [0.15, 0.2) is 42.5 Å². The molecule has 3 aromatic rings. The van der Waals surface area contributed by atoms with Gasteiger partial charge >= 0.3 is 0 Å². The zero-order valence-corrected chi connectivity index (χ0v) is 26.0. The number of aryl methyl sites for hydroxylation is 1. The number of nitrogens with one attached hydrogen (secondary N) is 3. The lowest BCUT2D eigenvalue weighted by Crippen LogP contribution is -2.42. The molecule has 9 heteroatoms. The lowest BCUT2D eigenvalue weighted by molar-refractivity contribution is -0.110. The normalized spacial score (nSPS) is 19.7. The maximum atomic E-state index is 13.9. The number of nitrogens with zero attached hydrogens (tertiary/aromatic N) is 2. The topological polar surface area (TPSA) is 107 Å². The molecule has 4 heterocycles. The number of methoxy groups -OCH3 is 1. The van der Waals surface area contributed by atoms with Crippen molar-refractivity contribution in [2.45, 2.75) is 58.5 Å². The molecule has 0 aliphatic carbocycles. The van der Waals surface area contributed by atoms with Gasteiger partial charge in [0.1, 0.15) is 5.75 Å². The molecule has 0 bridgehead atoms. The molecule has 44 heavy (non-hydrogen) atoms. The number of anilines is 1. The number of rotatable bonds is 8. The van der Waals surface area contributed by atoms with Crippen LogP contribution in [0.1, 0.15) is 87.4 Å². The molecule has 3 aliphatic heterocycles. The van der Waals surface area contributed by atoms with Crippen LogP contribution in [0.5, 0.6) is 5.75 Å². The molecular formula is C35H41N5O4. The molecule has 3 N–H and O–H groups in total. The number of likely N-dealkylation sites (tertiary alicyclic amines) is 2. The van der Waals surface area contributed by atoms with Crippen LogP contribution in [0, 0.1) is 13.8 Å². The van der Waals surface area contributed by atoms with E-state index in [4.69, 9.17) is 4.74 Å². The van der Waals surface area contributed by atoms with Crippen molar-refractivity contribution in [2.24, 2.45) is 0 Å². The molecule has 2 atom stereocenters. The molecule has 230 valence electrons. The molecule has 2 saturated heterocycles. The summed E-state index contributed by atoms with van der Waals surface area (Å²) in [4.78, 5) is 48.1. The Morgan fingerprint density at radius 2 is 1.82 bits per heavy atom. The van der Waals surface area contributed by atoms with Crippen LogP contribution >= 0.6 is 0 Å². The van der Waals surface area contributed by atoms with E-state index in [9.17, 15) is 14.4 Å². The first kappa shape index (κ1) is 29.7. The fraction of sp³-hybridized carbons (Fsp3) is 0.400.